The number of hydrogen-bond donors (Lipinski definition) is 1. The molecule has 1 atom stereocenters. The number of aliphatic hydroxyl groups is 1. The van der Waals surface area contributed by atoms with Crippen molar-refractivity contribution in [2.45, 2.75) is 24.7 Å². The lowest BCUT2D eigenvalue weighted by Crippen LogP contribution is -2.32. The van der Waals surface area contributed by atoms with Gasteiger partial charge < -0.3 is 19.3 Å². The van der Waals surface area contributed by atoms with Crippen LogP contribution < -0.4 is 4.74 Å². The number of benzene rings is 2. The number of carbonyl (C=O) groups excluding carboxylic acids is 1. The summed E-state index contributed by atoms with van der Waals surface area (Å²) in [5.74, 6) is 1.91. The Balaban J connectivity index is 1.48. The average molecular weight is 405 g/mol. The predicted octanol–water partition coefficient (Wildman–Crippen LogP) is 2.82. The molecule has 1 aromatic heterocycles. The number of likely N-dealkylation sites (tertiary alicyclic amines) is 1. The maximum Gasteiger partial charge on any atom is 0.258 e. The van der Waals surface area contributed by atoms with Crippen molar-refractivity contribution in [2.24, 2.45) is 0 Å². The van der Waals surface area contributed by atoms with Gasteiger partial charge in [0, 0.05) is 36.1 Å². The lowest BCUT2D eigenvalue weighted by molar-refractivity contribution is -0.128. The van der Waals surface area contributed by atoms with E-state index in [9.17, 15) is 9.90 Å². The Kier molecular flexibility index (Phi) is 4.55. The number of methoxy groups -OCH3 is 1. The average Bonchev–Trinajstić information content (AvgIpc) is 3.47. The quantitative estimate of drug-likeness (QED) is 0.702. The van der Waals surface area contributed by atoms with E-state index in [1.54, 1.807) is 12.0 Å². The maximum absolute atomic E-state index is 12.5. The largest absolute Gasteiger partial charge is 0.497 e. The molecule has 2 aromatic carbocycles. The minimum atomic E-state index is -0.180. The second kappa shape index (κ2) is 7.25. The summed E-state index contributed by atoms with van der Waals surface area (Å²) in [5, 5.41) is 13.5. The van der Waals surface area contributed by atoms with E-state index < -0.39 is 0 Å². The summed E-state index contributed by atoms with van der Waals surface area (Å²) < 4.78 is 10.7. The van der Waals surface area contributed by atoms with Crippen LogP contribution in [0.3, 0.4) is 0 Å². The molecule has 2 heterocycles. The molecule has 0 saturated carbocycles. The van der Waals surface area contributed by atoms with E-state index in [0.717, 1.165) is 29.7 Å². The van der Waals surface area contributed by atoms with E-state index in [2.05, 4.69) is 16.2 Å². The number of nitrogens with zero attached hydrogens (tertiary/aromatic N) is 3. The zero-order valence-corrected chi connectivity index (χ0v) is 16.8. The van der Waals surface area contributed by atoms with Crippen LogP contribution in [-0.4, -0.2) is 52.9 Å². The number of carbonyl (C=O) groups is 1. The first-order valence-electron chi connectivity index (χ1n) is 10.1. The minimum absolute atomic E-state index is 0.00822. The molecule has 1 aliphatic heterocycles. The topological polar surface area (TPSA) is 88.7 Å². The first-order chi connectivity index (χ1) is 14.6. The monoisotopic (exact) mass is 405 g/mol. The van der Waals surface area contributed by atoms with Crippen LogP contribution in [-0.2, 0) is 16.6 Å². The third-order valence-corrected chi connectivity index (χ3v) is 6.31. The SMILES string of the molecule is COc1ccc(-c2nc(-c3cccc4c3CC[C@@]43CC(=O)N(CCO)C3)no2)cc1. The summed E-state index contributed by atoms with van der Waals surface area (Å²) in [6.07, 6.45) is 2.28. The maximum atomic E-state index is 12.5. The Morgan fingerprint density at radius 3 is 2.83 bits per heavy atom. The van der Waals surface area contributed by atoms with Crippen molar-refractivity contribution in [2.75, 3.05) is 26.8 Å². The Labute approximate surface area is 174 Å². The van der Waals surface area contributed by atoms with Crippen LogP contribution in [0.2, 0.25) is 0 Å². The highest BCUT2D eigenvalue weighted by molar-refractivity contribution is 5.82. The molecule has 7 heteroatoms. The molecule has 5 rings (SSSR count). The van der Waals surface area contributed by atoms with Crippen molar-refractivity contribution in [1.82, 2.24) is 15.0 Å². The molecule has 2 aliphatic rings. The summed E-state index contributed by atoms with van der Waals surface area (Å²) in [6, 6.07) is 13.6. The Hall–Kier alpha value is -3.19. The summed E-state index contributed by atoms with van der Waals surface area (Å²) >= 11 is 0. The van der Waals surface area contributed by atoms with Crippen LogP contribution in [0.1, 0.15) is 24.0 Å². The van der Waals surface area contributed by atoms with Gasteiger partial charge in [-0.25, -0.2) is 0 Å². The van der Waals surface area contributed by atoms with Gasteiger partial charge in [-0.3, -0.25) is 4.79 Å². The zero-order chi connectivity index (χ0) is 20.7. The van der Waals surface area contributed by atoms with Crippen LogP contribution in [0.4, 0.5) is 0 Å². The fourth-order valence-corrected chi connectivity index (χ4v) is 4.83. The van der Waals surface area contributed by atoms with E-state index in [1.165, 1.54) is 11.1 Å². The van der Waals surface area contributed by atoms with Gasteiger partial charge in [-0.1, -0.05) is 23.4 Å². The highest BCUT2D eigenvalue weighted by Crippen LogP contribution is 2.48. The molecule has 7 nitrogen and oxygen atoms in total. The van der Waals surface area contributed by atoms with E-state index in [-0.39, 0.29) is 17.9 Å². The van der Waals surface area contributed by atoms with Gasteiger partial charge in [0.05, 0.1) is 13.7 Å². The predicted molar refractivity (Wildman–Crippen MR) is 110 cm³/mol. The van der Waals surface area contributed by atoms with Gasteiger partial charge in [-0.15, -0.1) is 0 Å². The van der Waals surface area contributed by atoms with Crippen molar-refractivity contribution in [3.8, 4) is 28.6 Å². The van der Waals surface area contributed by atoms with E-state index >= 15 is 0 Å². The smallest absolute Gasteiger partial charge is 0.258 e. The van der Waals surface area contributed by atoms with Gasteiger partial charge in [-0.05, 0) is 48.2 Å². The van der Waals surface area contributed by atoms with Crippen molar-refractivity contribution in [3.05, 3.63) is 53.6 Å². The molecule has 1 aliphatic carbocycles. The second-order valence-corrected chi connectivity index (χ2v) is 7.98. The highest BCUT2D eigenvalue weighted by atomic mass is 16.5. The molecule has 30 heavy (non-hydrogen) atoms. The number of aliphatic hydroxyl groups excluding tert-OH is 1. The molecule has 0 radical (unpaired) electrons. The number of amides is 1. The first kappa shape index (κ1) is 18.8. The number of ether oxygens (including phenoxy) is 1. The van der Waals surface area contributed by atoms with E-state index in [4.69, 9.17) is 9.26 Å². The molecule has 154 valence electrons. The van der Waals surface area contributed by atoms with Crippen LogP contribution in [0.15, 0.2) is 47.0 Å². The third kappa shape index (κ3) is 2.97. The van der Waals surface area contributed by atoms with Gasteiger partial charge in [0.2, 0.25) is 11.7 Å². The van der Waals surface area contributed by atoms with Gasteiger partial charge >= 0.3 is 0 Å². The Bertz CT molecular complexity index is 1090. The van der Waals surface area contributed by atoms with Crippen molar-refractivity contribution in [3.63, 3.8) is 0 Å². The fourth-order valence-electron chi connectivity index (χ4n) is 4.83. The molecule has 3 aromatic rings. The Morgan fingerprint density at radius 1 is 1.23 bits per heavy atom. The summed E-state index contributed by atoms with van der Waals surface area (Å²) in [7, 11) is 1.63. The minimum Gasteiger partial charge on any atom is -0.497 e. The second-order valence-electron chi connectivity index (χ2n) is 7.98. The van der Waals surface area contributed by atoms with Gasteiger partial charge in [0.25, 0.3) is 5.89 Å². The summed E-state index contributed by atoms with van der Waals surface area (Å²) in [5.41, 5.74) is 4.00. The summed E-state index contributed by atoms with van der Waals surface area (Å²) in [4.78, 5) is 18.9. The van der Waals surface area contributed by atoms with Crippen molar-refractivity contribution < 1.29 is 19.2 Å². The Morgan fingerprint density at radius 2 is 2.07 bits per heavy atom. The number of aromatic nitrogens is 2. The normalized spacial score (nSPS) is 20.2. The number of rotatable bonds is 5. The molecular weight excluding hydrogens is 382 g/mol. The lowest BCUT2D eigenvalue weighted by Gasteiger charge is -2.24. The third-order valence-electron chi connectivity index (χ3n) is 6.31. The molecular formula is C23H23N3O4. The van der Waals surface area contributed by atoms with E-state index in [0.29, 0.717) is 31.2 Å². The number of β-amino-alcohol motifs (C(OH)–C–C–N with tert-alkyl or cyclic N) is 1. The number of fused-ring (bicyclic) bond motifs is 2. The molecule has 1 saturated heterocycles. The fraction of sp³-hybridized carbons (Fsp3) is 0.348. The van der Waals surface area contributed by atoms with Crippen molar-refractivity contribution >= 4 is 5.91 Å². The highest BCUT2D eigenvalue weighted by Gasteiger charge is 2.48. The lowest BCUT2D eigenvalue weighted by atomic mass is 9.80. The van der Waals surface area contributed by atoms with Crippen LogP contribution in [0.5, 0.6) is 5.75 Å². The van der Waals surface area contributed by atoms with Crippen LogP contribution in [0, 0.1) is 0 Å². The first-order valence-corrected chi connectivity index (χ1v) is 10.1. The molecule has 1 N–H and O–H groups in total. The van der Waals surface area contributed by atoms with Crippen molar-refractivity contribution in [1.29, 1.82) is 0 Å². The molecule has 1 spiro atoms. The molecule has 1 amide bonds. The zero-order valence-electron chi connectivity index (χ0n) is 16.8. The standard InChI is InChI=1S/C23H23N3O4/c1-29-16-7-5-15(6-8-16)22-24-21(25-30-22)18-3-2-4-19-17(18)9-10-23(19)13-20(28)26(14-23)11-12-27/h2-8,27H,9-14H2,1H3/t23-/m0/s1. The number of hydrogen-bond acceptors (Lipinski definition) is 6. The van der Waals surface area contributed by atoms with Crippen LogP contribution in [0.25, 0.3) is 22.8 Å². The van der Waals surface area contributed by atoms with Gasteiger partial charge in [0.1, 0.15) is 5.75 Å². The summed E-state index contributed by atoms with van der Waals surface area (Å²) in [6.45, 7) is 1.05. The molecule has 0 unspecified atom stereocenters. The van der Waals surface area contributed by atoms with Crippen LogP contribution >= 0.6 is 0 Å². The van der Waals surface area contributed by atoms with E-state index in [1.807, 2.05) is 36.4 Å². The molecule has 0 bridgehead atoms. The molecule has 1 fully saturated rings. The van der Waals surface area contributed by atoms with Gasteiger partial charge in [0.15, 0.2) is 0 Å². The van der Waals surface area contributed by atoms with Gasteiger partial charge in [-0.2, -0.15) is 4.98 Å².